The predicted molar refractivity (Wildman–Crippen MR) is 123 cm³/mol. The standard InChI is InChI=1S/C23H25F2N5O2S/c24-14-4-1-5-15(25)19(14)23-30(17(11-33-23)22(27)32)16-9-28-20-13(6-7-18(20)31)21(16)29-8-2-3-12(26)10-29/h1,4-5,9,11-12,18,23,31H,2-3,6-8,10,26H2,(H2,27,32). The van der Waals surface area contributed by atoms with Gasteiger partial charge in [-0.3, -0.25) is 9.78 Å². The van der Waals surface area contributed by atoms with Crippen LogP contribution < -0.4 is 21.3 Å². The van der Waals surface area contributed by atoms with Crippen molar-refractivity contribution in [1.82, 2.24) is 4.98 Å². The number of nitrogens with two attached hydrogens (primary N) is 2. The summed E-state index contributed by atoms with van der Waals surface area (Å²) < 4.78 is 29.6. The van der Waals surface area contributed by atoms with Gasteiger partial charge in [-0.1, -0.05) is 6.07 Å². The number of hydrogen-bond acceptors (Lipinski definition) is 7. The van der Waals surface area contributed by atoms with Gasteiger partial charge in [-0.05, 0) is 37.8 Å². The number of piperidine rings is 1. The first kappa shape index (κ1) is 22.1. The number of fused-ring (bicyclic) bond motifs is 1. The van der Waals surface area contributed by atoms with E-state index in [0.717, 1.165) is 42.4 Å². The van der Waals surface area contributed by atoms with E-state index in [1.807, 2.05) is 0 Å². The number of aromatic nitrogens is 1. The molecule has 5 rings (SSSR count). The second-order valence-electron chi connectivity index (χ2n) is 8.62. The number of nitrogens with zero attached hydrogens (tertiary/aromatic N) is 3. The van der Waals surface area contributed by atoms with Crippen molar-refractivity contribution in [1.29, 1.82) is 0 Å². The van der Waals surface area contributed by atoms with Gasteiger partial charge in [0, 0.05) is 30.1 Å². The Balaban J connectivity index is 1.70. The summed E-state index contributed by atoms with van der Waals surface area (Å²) in [7, 11) is 0. The molecule has 3 atom stereocenters. The van der Waals surface area contributed by atoms with Gasteiger partial charge in [-0.25, -0.2) is 8.78 Å². The molecule has 3 unspecified atom stereocenters. The third kappa shape index (κ3) is 3.75. The van der Waals surface area contributed by atoms with Gasteiger partial charge in [-0.15, -0.1) is 11.8 Å². The van der Waals surface area contributed by atoms with Crippen LogP contribution in [0.5, 0.6) is 0 Å². The smallest absolute Gasteiger partial charge is 0.265 e. The molecular weight excluding hydrogens is 448 g/mol. The van der Waals surface area contributed by atoms with Crippen molar-refractivity contribution in [3.05, 3.63) is 64.0 Å². The highest BCUT2D eigenvalue weighted by Crippen LogP contribution is 2.51. The molecule has 2 aliphatic heterocycles. The average molecular weight is 474 g/mol. The van der Waals surface area contributed by atoms with Crippen molar-refractivity contribution in [2.45, 2.75) is 43.2 Å². The molecule has 1 fully saturated rings. The second-order valence-corrected chi connectivity index (χ2v) is 9.57. The summed E-state index contributed by atoms with van der Waals surface area (Å²) in [6.45, 7) is 1.33. The molecule has 174 valence electrons. The molecule has 3 heterocycles. The number of carbonyl (C=O) groups is 1. The van der Waals surface area contributed by atoms with E-state index in [-0.39, 0.29) is 17.3 Å². The number of hydrogen-bond donors (Lipinski definition) is 3. The zero-order valence-electron chi connectivity index (χ0n) is 17.9. The maximum Gasteiger partial charge on any atom is 0.265 e. The zero-order chi connectivity index (χ0) is 23.3. The maximum atomic E-state index is 14.8. The molecule has 33 heavy (non-hydrogen) atoms. The highest BCUT2D eigenvalue weighted by Gasteiger charge is 2.40. The first-order valence-electron chi connectivity index (χ1n) is 11.0. The molecule has 0 spiro atoms. The number of rotatable bonds is 4. The Hall–Kier alpha value is -2.69. The normalized spacial score (nSPS) is 24.7. The lowest BCUT2D eigenvalue weighted by atomic mass is 10.0. The summed E-state index contributed by atoms with van der Waals surface area (Å²) in [6.07, 6.45) is 3.82. The number of primary amides is 1. The Morgan fingerprint density at radius 3 is 2.70 bits per heavy atom. The van der Waals surface area contributed by atoms with E-state index >= 15 is 0 Å². The maximum absolute atomic E-state index is 14.8. The van der Waals surface area contributed by atoms with Gasteiger partial charge in [0.25, 0.3) is 5.91 Å². The van der Waals surface area contributed by atoms with Gasteiger partial charge >= 0.3 is 0 Å². The fraction of sp³-hybridized carbons (Fsp3) is 0.391. The Bertz CT molecular complexity index is 1120. The molecule has 1 aliphatic carbocycles. The van der Waals surface area contributed by atoms with Gasteiger partial charge in [-0.2, -0.15) is 0 Å². The van der Waals surface area contributed by atoms with Crippen LogP contribution in [-0.2, 0) is 11.2 Å². The van der Waals surface area contributed by atoms with E-state index < -0.39 is 29.0 Å². The fourth-order valence-electron chi connectivity index (χ4n) is 4.99. The number of aliphatic hydroxyl groups is 1. The van der Waals surface area contributed by atoms with Crippen molar-refractivity contribution >= 4 is 29.0 Å². The topological polar surface area (TPSA) is 109 Å². The largest absolute Gasteiger partial charge is 0.387 e. The predicted octanol–water partition coefficient (Wildman–Crippen LogP) is 2.85. The quantitative estimate of drug-likeness (QED) is 0.627. The Morgan fingerprint density at radius 1 is 1.24 bits per heavy atom. The lowest BCUT2D eigenvalue weighted by Crippen LogP contribution is -2.44. The monoisotopic (exact) mass is 473 g/mol. The van der Waals surface area contributed by atoms with Crippen molar-refractivity contribution in [2.24, 2.45) is 11.5 Å². The number of carbonyl (C=O) groups excluding carboxylic acids is 1. The number of anilines is 2. The molecule has 1 aromatic heterocycles. The Morgan fingerprint density at radius 2 is 2.00 bits per heavy atom. The lowest BCUT2D eigenvalue weighted by Gasteiger charge is -2.38. The molecule has 10 heteroatoms. The van der Waals surface area contributed by atoms with Gasteiger partial charge < -0.3 is 26.4 Å². The number of benzene rings is 1. The van der Waals surface area contributed by atoms with E-state index in [1.54, 1.807) is 11.1 Å². The van der Waals surface area contributed by atoms with Crippen LogP contribution in [0.15, 0.2) is 35.5 Å². The van der Waals surface area contributed by atoms with E-state index in [2.05, 4.69) is 9.88 Å². The van der Waals surface area contributed by atoms with Crippen LogP contribution in [-0.4, -0.2) is 35.1 Å². The van der Waals surface area contributed by atoms with Crippen LogP contribution in [0, 0.1) is 11.6 Å². The minimum Gasteiger partial charge on any atom is -0.387 e. The summed E-state index contributed by atoms with van der Waals surface area (Å²) in [6, 6.07) is 3.67. The number of aliphatic hydroxyl groups excluding tert-OH is 1. The fourth-order valence-corrected chi connectivity index (χ4v) is 6.19. The summed E-state index contributed by atoms with van der Waals surface area (Å²) in [5.41, 5.74) is 14.7. The minimum absolute atomic E-state index is 0.0272. The Labute approximate surface area is 194 Å². The van der Waals surface area contributed by atoms with Crippen LogP contribution in [0.1, 0.15) is 47.6 Å². The highest BCUT2D eigenvalue weighted by atomic mass is 32.2. The molecule has 5 N–H and O–H groups in total. The molecule has 7 nitrogen and oxygen atoms in total. The lowest BCUT2D eigenvalue weighted by molar-refractivity contribution is -0.114. The van der Waals surface area contributed by atoms with Crippen molar-refractivity contribution < 1.29 is 18.7 Å². The summed E-state index contributed by atoms with van der Waals surface area (Å²) in [5, 5.41) is 11.1. The molecule has 0 saturated carbocycles. The van der Waals surface area contributed by atoms with Crippen LogP contribution in [0.25, 0.3) is 0 Å². The molecule has 3 aliphatic rings. The third-order valence-electron chi connectivity index (χ3n) is 6.48. The SMILES string of the molecule is NC(=O)C1=CSC(c2c(F)cccc2F)N1c1cnc2c(c1N1CCCC(N)C1)CCC2O. The van der Waals surface area contributed by atoms with E-state index in [0.29, 0.717) is 30.8 Å². The van der Waals surface area contributed by atoms with Gasteiger partial charge in [0.15, 0.2) is 0 Å². The number of halogens is 2. The van der Waals surface area contributed by atoms with Crippen LogP contribution >= 0.6 is 11.8 Å². The van der Waals surface area contributed by atoms with Gasteiger partial charge in [0.2, 0.25) is 0 Å². The highest BCUT2D eigenvalue weighted by molar-refractivity contribution is 8.02. The van der Waals surface area contributed by atoms with Crippen molar-refractivity contribution in [3.8, 4) is 0 Å². The minimum atomic E-state index is -0.878. The molecule has 0 radical (unpaired) electrons. The van der Waals surface area contributed by atoms with Crippen LogP contribution in [0.3, 0.4) is 0 Å². The molecule has 0 bridgehead atoms. The van der Waals surface area contributed by atoms with E-state index in [9.17, 15) is 18.7 Å². The molecule has 1 aromatic carbocycles. The van der Waals surface area contributed by atoms with E-state index in [1.165, 1.54) is 23.6 Å². The molecular formula is C23H25F2N5O2S. The Kier molecular flexibility index (Phi) is 5.75. The van der Waals surface area contributed by atoms with Crippen molar-refractivity contribution in [3.63, 3.8) is 0 Å². The van der Waals surface area contributed by atoms with Crippen LogP contribution in [0.4, 0.5) is 20.2 Å². The average Bonchev–Trinajstić information content (AvgIpc) is 3.37. The summed E-state index contributed by atoms with van der Waals surface area (Å²) >= 11 is 1.12. The second kappa shape index (κ2) is 8.58. The van der Waals surface area contributed by atoms with Crippen molar-refractivity contribution in [2.75, 3.05) is 22.9 Å². The third-order valence-corrected chi connectivity index (χ3v) is 7.55. The molecule has 2 aromatic rings. The zero-order valence-corrected chi connectivity index (χ0v) is 18.7. The summed E-state index contributed by atoms with van der Waals surface area (Å²) in [4.78, 5) is 20.6. The number of amides is 1. The van der Waals surface area contributed by atoms with Gasteiger partial charge in [0.05, 0.1) is 34.9 Å². The van der Waals surface area contributed by atoms with E-state index in [4.69, 9.17) is 11.5 Å². The first-order chi connectivity index (χ1) is 15.9. The van der Waals surface area contributed by atoms with Gasteiger partial charge in [0.1, 0.15) is 22.7 Å². The molecule has 1 saturated heterocycles. The summed E-state index contributed by atoms with van der Waals surface area (Å²) in [5.74, 6) is -2.12. The first-order valence-corrected chi connectivity index (χ1v) is 11.9. The van der Waals surface area contributed by atoms with Crippen LogP contribution in [0.2, 0.25) is 0 Å². The molecule has 1 amide bonds. The number of thioether (sulfide) groups is 1. The number of pyridine rings is 1.